The van der Waals surface area contributed by atoms with E-state index < -0.39 is 6.09 Å². The molecule has 2 N–H and O–H groups in total. The number of nitrogens with zero attached hydrogens (tertiary/aromatic N) is 1. The van der Waals surface area contributed by atoms with Crippen LogP contribution in [0.3, 0.4) is 0 Å². The van der Waals surface area contributed by atoms with Gasteiger partial charge in [0.15, 0.2) is 0 Å². The topological polar surface area (TPSA) is 84.1 Å². The molecule has 6 nitrogen and oxygen atoms in total. The van der Waals surface area contributed by atoms with Gasteiger partial charge in [-0.25, -0.2) is 4.79 Å². The van der Waals surface area contributed by atoms with E-state index in [1.165, 1.54) is 0 Å². The number of carbonyl (C=O) groups is 1. The van der Waals surface area contributed by atoms with Crippen LogP contribution in [-0.2, 0) is 24.2 Å². The predicted molar refractivity (Wildman–Crippen MR) is 112 cm³/mol. The number of aromatic nitrogens is 2. The van der Waals surface area contributed by atoms with Crippen molar-refractivity contribution in [3.05, 3.63) is 99.2 Å². The summed E-state index contributed by atoms with van der Waals surface area (Å²) in [6, 6.07) is 19.5. The van der Waals surface area contributed by atoms with Gasteiger partial charge in [0.25, 0.3) is 5.56 Å². The van der Waals surface area contributed by atoms with E-state index in [9.17, 15) is 9.59 Å². The standard InChI is InChI=1S/C23H25N3O3/c1-17-21(15-18-9-4-2-5-10-18)26-22(27)20(25-17)13-8-14-24-23(28)29-16-19-11-6-3-7-12-19/h2-7,9-12H,8,13-16H2,1H3,(H,24,28)(H,26,27). The van der Waals surface area contributed by atoms with Crippen LogP contribution in [-0.4, -0.2) is 22.6 Å². The number of aryl methyl sites for hydroxylation is 2. The van der Waals surface area contributed by atoms with Crippen LogP contribution in [0.5, 0.6) is 0 Å². The summed E-state index contributed by atoms with van der Waals surface area (Å²) in [5.74, 6) is 0. The lowest BCUT2D eigenvalue weighted by molar-refractivity contribution is 0.139. The Balaban J connectivity index is 1.45. The molecular formula is C23H25N3O3. The average molecular weight is 391 g/mol. The van der Waals surface area contributed by atoms with E-state index >= 15 is 0 Å². The van der Waals surface area contributed by atoms with Gasteiger partial charge in [-0.05, 0) is 30.9 Å². The van der Waals surface area contributed by atoms with Crippen LogP contribution in [0, 0.1) is 6.92 Å². The van der Waals surface area contributed by atoms with E-state index in [1.54, 1.807) is 0 Å². The van der Waals surface area contributed by atoms with Gasteiger partial charge in [0.1, 0.15) is 12.3 Å². The lowest BCUT2D eigenvalue weighted by Gasteiger charge is -2.09. The molecule has 0 fully saturated rings. The largest absolute Gasteiger partial charge is 0.445 e. The monoisotopic (exact) mass is 391 g/mol. The highest BCUT2D eigenvalue weighted by atomic mass is 16.5. The van der Waals surface area contributed by atoms with Gasteiger partial charge in [-0.15, -0.1) is 0 Å². The molecule has 3 rings (SSSR count). The average Bonchev–Trinajstić information content (AvgIpc) is 2.74. The minimum absolute atomic E-state index is 0.173. The zero-order chi connectivity index (χ0) is 20.5. The van der Waals surface area contributed by atoms with Gasteiger partial charge in [0.05, 0.1) is 5.69 Å². The number of carbonyl (C=O) groups excluding carboxylic acids is 1. The first kappa shape index (κ1) is 20.3. The first-order valence-corrected chi connectivity index (χ1v) is 9.69. The van der Waals surface area contributed by atoms with Crippen LogP contribution in [0.4, 0.5) is 4.79 Å². The molecule has 0 aliphatic rings. The Hall–Kier alpha value is -3.41. The third-order valence-electron chi connectivity index (χ3n) is 4.56. The molecule has 0 aliphatic carbocycles. The molecule has 0 aliphatic heterocycles. The molecule has 0 bridgehead atoms. The van der Waals surface area contributed by atoms with Crippen molar-refractivity contribution in [1.82, 2.24) is 15.3 Å². The molecule has 2 aromatic carbocycles. The van der Waals surface area contributed by atoms with E-state index in [4.69, 9.17) is 4.74 Å². The molecule has 0 spiro atoms. The van der Waals surface area contributed by atoms with Crippen molar-refractivity contribution in [2.24, 2.45) is 0 Å². The Morgan fingerprint density at radius 3 is 2.38 bits per heavy atom. The number of H-pyrrole nitrogens is 1. The first-order valence-electron chi connectivity index (χ1n) is 9.69. The lowest BCUT2D eigenvalue weighted by atomic mass is 10.1. The normalized spacial score (nSPS) is 10.5. The summed E-state index contributed by atoms with van der Waals surface area (Å²) in [5.41, 5.74) is 4.02. The van der Waals surface area contributed by atoms with Crippen LogP contribution >= 0.6 is 0 Å². The molecule has 0 unspecified atom stereocenters. The van der Waals surface area contributed by atoms with Gasteiger partial charge in [-0.2, -0.15) is 0 Å². The molecule has 6 heteroatoms. The Morgan fingerprint density at radius 2 is 1.69 bits per heavy atom. The maximum absolute atomic E-state index is 12.3. The number of benzene rings is 2. The van der Waals surface area contributed by atoms with E-state index in [2.05, 4.69) is 15.3 Å². The molecule has 1 heterocycles. The van der Waals surface area contributed by atoms with Crippen molar-refractivity contribution in [1.29, 1.82) is 0 Å². The van der Waals surface area contributed by atoms with Crippen molar-refractivity contribution >= 4 is 6.09 Å². The summed E-state index contributed by atoms with van der Waals surface area (Å²) >= 11 is 0. The quantitative estimate of drug-likeness (QED) is 0.576. The fraction of sp³-hybridized carbons (Fsp3) is 0.261. The van der Waals surface area contributed by atoms with E-state index in [0.717, 1.165) is 22.5 Å². The fourth-order valence-electron chi connectivity index (χ4n) is 2.98. The van der Waals surface area contributed by atoms with Crippen LogP contribution in [0.15, 0.2) is 65.5 Å². The number of ether oxygens (including phenoxy) is 1. The first-order chi connectivity index (χ1) is 14.1. The Kier molecular flexibility index (Phi) is 7.16. The van der Waals surface area contributed by atoms with Crippen molar-refractivity contribution in [3.63, 3.8) is 0 Å². The summed E-state index contributed by atoms with van der Waals surface area (Å²) < 4.78 is 5.16. The van der Waals surface area contributed by atoms with E-state index in [-0.39, 0.29) is 12.2 Å². The van der Waals surface area contributed by atoms with Crippen molar-refractivity contribution in [2.75, 3.05) is 6.54 Å². The number of amides is 1. The van der Waals surface area contributed by atoms with Crippen LogP contribution in [0.2, 0.25) is 0 Å². The third-order valence-corrected chi connectivity index (χ3v) is 4.56. The smallest absolute Gasteiger partial charge is 0.407 e. The Morgan fingerprint density at radius 1 is 1.03 bits per heavy atom. The van der Waals surface area contributed by atoms with Crippen LogP contribution < -0.4 is 10.9 Å². The highest BCUT2D eigenvalue weighted by molar-refractivity contribution is 5.67. The zero-order valence-corrected chi connectivity index (χ0v) is 16.5. The van der Waals surface area contributed by atoms with Crippen molar-refractivity contribution in [3.8, 4) is 0 Å². The van der Waals surface area contributed by atoms with Crippen molar-refractivity contribution < 1.29 is 9.53 Å². The van der Waals surface area contributed by atoms with E-state index in [1.807, 2.05) is 67.6 Å². The zero-order valence-electron chi connectivity index (χ0n) is 16.5. The SMILES string of the molecule is Cc1nc(CCCNC(=O)OCc2ccccc2)c(=O)[nH]c1Cc1ccccc1. The molecular weight excluding hydrogens is 366 g/mol. The Bertz CT molecular complexity index is 985. The third kappa shape index (κ3) is 6.31. The molecule has 0 radical (unpaired) electrons. The maximum atomic E-state index is 12.3. The summed E-state index contributed by atoms with van der Waals surface area (Å²) in [5, 5.41) is 2.70. The van der Waals surface area contributed by atoms with Gasteiger partial charge in [-0.3, -0.25) is 9.78 Å². The molecule has 0 saturated carbocycles. The minimum atomic E-state index is -0.467. The lowest BCUT2D eigenvalue weighted by Crippen LogP contribution is -2.26. The molecule has 0 atom stereocenters. The summed E-state index contributed by atoms with van der Waals surface area (Å²) in [4.78, 5) is 31.5. The molecule has 1 amide bonds. The highest BCUT2D eigenvalue weighted by Gasteiger charge is 2.09. The molecule has 1 aromatic heterocycles. The predicted octanol–water partition coefficient (Wildman–Crippen LogP) is 3.53. The van der Waals surface area contributed by atoms with E-state index in [0.29, 0.717) is 31.5 Å². The number of alkyl carbamates (subject to hydrolysis) is 1. The van der Waals surface area contributed by atoms with Gasteiger partial charge < -0.3 is 15.0 Å². The second-order valence-electron chi connectivity index (χ2n) is 6.83. The molecule has 150 valence electrons. The number of hydrogen-bond donors (Lipinski definition) is 2. The summed E-state index contributed by atoms with van der Waals surface area (Å²) in [7, 11) is 0. The van der Waals surface area contributed by atoms with Gasteiger partial charge >= 0.3 is 6.09 Å². The van der Waals surface area contributed by atoms with Crippen LogP contribution in [0.25, 0.3) is 0 Å². The summed E-state index contributed by atoms with van der Waals surface area (Å²) in [6.07, 6.45) is 1.27. The fourth-order valence-corrected chi connectivity index (χ4v) is 2.98. The second kappa shape index (κ2) is 10.2. The Labute approximate surface area is 170 Å². The minimum Gasteiger partial charge on any atom is -0.445 e. The second-order valence-corrected chi connectivity index (χ2v) is 6.83. The number of nitrogens with one attached hydrogen (secondary N) is 2. The molecule has 3 aromatic rings. The molecule has 29 heavy (non-hydrogen) atoms. The molecule has 0 saturated heterocycles. The maximum Gasteiger partial charge on any atom is 0.407 e. The number of hydrogen-bond acceptors (Lipinski definition) is 4. The highest BCUT2D eigenvalue weighted by Crippen LogP contribution is 2.09. The van der Waals surface area contributed by atoms with Crippen molar-refractivity contribution in [2.45, 2.75) is 32.8 Å². The summed E-state index contributed by atoms with van der Waals surface area (Å²) in [6.45, 7) is 2.55. The number of rotatable bonds is 8. The van der Waals surface area contributed by atoms with Gasteiger partial charge in [0, 0.05) is 18.7 Å². The number of aromatic amines is 1. The van der Waals surface area contributed by atoms with Gasteiger partial charge in [0.2, 0.25) is 0 Å². The van der Waals surface area contributed by atoms with Crippen LogP contribution in [0.1, 0.15) is 34.6 Å². The van der Waals surface area contributed by atoms with Gasteiger partial charge in [-0.1, -0.05) is 60.7 Å².